The minimum Gasteiger partial charge on any atom is -0.335 e. The van der Waals surface area contributed by atoms with Crippen molar-refractivity contribution in [2.45, 2.75) is 6.92 Å². The van der Waals surface area contributed by atoms with Crippen molar-refractivity contribution in [2.75, 3.05) is 5.32 Å². The second-order valence-electron chi connectivity index (χ2n) is 3.86. The van der Waals surface area contributed by atoms with E-state index in [-0.39, 0.29) is 0 Å². The van der Waals surface area contributed by atoms with Crippen LogP contribution in [0.3, 0.4) is 0 Å². The van der Waals surface area contributed by atoms with Crippen LogP contribution < -0.4 is 5.32 Å². The van der Waals surface area contributed by atoms with E-state index in [0.29, 0.717) is 11.0 Å². The third-order valence-corrected chi connectivity index (χ3v) is 3.45. The number of halogens is 1. The fourth-order valence-electron chi connectivity index (χ4n) is 1.73. The normalized spacial score (nSPS) is 10.8. The van der Waals surface area contributed by atoms with Crippen LogP contribution in [0.5, 0.6) is 0 Å². The molecule has 4 nitrogen and oxygen atoms in total. The van der Waals surface area contributed by atoms with E-state index in [1.54, 1.807) is 0 Å². The van der Waals surface area contributed by atoms with E-state index in [4.69, 9.17) is 11.6 Å². The first kappa shape index (κ1) is 11.4. The maximum Gasteiger partial charge on any atom is 0.187 e. The first-order chi connectivity index (χ1) is 8.74. The van der Waals surface area contributed by atoms with Gasteiger partial charge in [-0.3, -0.25) is 4.98 Å². The van der Waals surface area contributed by atoms with Crippen molar-refractivity contribution in [1.82, 2.24) is 13.7 Å². The number of para-hydroxylation sites is 1. The van der Waals surface area contributed by atoms with Gasteiger partial charge in [-0.25, -0.2) is 0 Å². The molecule has 0 aliphatic carbocycles. The van der Waals surface area contributed by atoms with Crippen LogP contribution in [0.25, 0.3) is 10.9 Å². The number of nitrogens with zero attached hydrogens (tertiary/aromatic N) is 3. The van der Waals surface area contributed by atoms with E-state index in [2.05, 4.69) is 19.0 Å². The highest BCUT2D eigenvalue weighted by Gasteiger charge is 2.08. The molecule has 3 aromatic rings. The SMILES string of the molecule is Cc1ccc2cccc(Nc3nsnc3Cl)c2n1. The maximum atomic E-state index is 5.93. The van der Waals surface area contributed by atoms with Gasteiger partial charge in [0.25, 0.3) is 0 Å². The smallest absolute Gasteiger partial charge is 0.187 e. The maximum absolute atomic E-state index is 5.93. The van der Waals surface area contributed by atoms with Gasteiger partial charge in [0.05, 0.1) is 22.9 Å². The van der Waals surface area contributed by atoms with Gasteiger partial charge in [0.2, 0.25) is 0 Å². The van der Waals surface area contributed by atoms with E-state index >= 15 is 0 Å². The van der Waals surface area contributed by atoms with Crippen molar-refractivity contribution in [1.29, 1.82) is 0 Å². The number of hydrogen-bond acceptors (Lipinski definition) is 5. The van der Waals surface area contributed by atoms with Crippen LogP contribution >= 0.6 is 23.3 Å². The molecule has 0 saturated heterocycles. The summed E-state index contributed by atoms with van der Waals surface area (Å²) in [5, 5.41) is 4.62. The number of aryl methyl sites for hydroxylation is 1. The predicted octanol–water partition coefficient (Wildman–Crippen LogP) is 3.79. The lowest BCUT2D eigenvalue weighted by atomic mass is 10.2. The molecule has 0 aliphatic heterocycles. The number of pyridine rings is 1. The minimum absolute atomic E-state index is 0.379. The zero-order valence-corrected chi connectivity index (χ0v) is 11.1. The molecule has 0 amide bonds. The third-order valence-electron chi connectivity index (χ3n) is 2.56. The van der Waals surface area contributed by atoms with Gasteiger partial charge in [0.1, 0.15) is 0 Å². The molecule has 0 radical (unpaired) electrons. The van der Waals surface area contributed by atoms with Gasteiger partial charge in [0.15, 0.2) is 11.0 Å². The first-order valence-electron chi connectivity index (χ1n) is 5.35. The topological polar surface area (TPSA) is 50.7 Å². The second kappa shape index (κ2) is 4.51. The largest absolute Gasteiger partial charge is 0.335 e. The molecule has 0 aliphatic rings. The van der Waals surface area contributed by atoms with Crippen LogP contribution in [0, 0.1) is 6.92 Å². The zero-order chi connectivity index (χ0) is 12.5. The summed E-state index contributed by atoms with van der Waals surface area (Å²) in [6, 6.07) is 9.97. The molecule has 0 unspecified atom stereocenters. The molecule has 18 heavy (non-hydrogen) atoms. The van der Waals surface area contributed by atoms with Crippen LogP contribution in [-0.2, 0) is 0 Å². The third kappa shape index (κ3) is 2.02. The van der Waals surface area contributed by atoms with Gasteiger partial charge in [-0.15, -0.1) is 0 Å². The summed E-state index contributed by atoms with van der Waals surface area (Å²) >= 11 is 7.01. The van der Waals surface area contributed by atoms with Gasteiger partial charge >= 0.3 is 0 Å². The van der Waals surface area contributed by atoms with E-state index in [1.165, 1.54) is 0 Å². The summed E-state index contributed by atoms with van der Waals surface area (Å²) in [5.41, 5.74) is 2.76. The Hall–Kier alpha value is -1.72. The Labute approximate surface area is 113 Å². The Morgan fingerprint density at radius 1 is 1.17 bits per heavy atom. The number of anilines is 2. The van der Waals surface area contributed by atoms with Gasteiger partial charge in [0, 0.05) is 11.1 Å². The Bertz CT molecular complexity index is 710. The summed E-state index contributed by atoms with van der Waals surface area (Å²) in [6.07, 6.45) is 0. The van der Waals surface area contributed by atoms with Crippen molar-refractivity contribution in [3.63, 3.8) is 0 Å². The molecular weight excluding hydrogens is 268 g/mol. The van der Waals surface area contributed by atoms with Gasteiger partial charge in [-0.05, 0) is 19.1 Å². The quantitative estimate of drug-likeness (QED) is 0.774. The van der Waals surface area contributed by atoms with Crippen molar-refractivity contribution >= 4 is 45.7 Å². The van der Waals surface area contributed by atoms with Crippen molar-refractivity contribution in [3.8, 4) is 0 Å². The Morgan fingerprint density at radius 2 is 2.06 bits per heavy atom. The van der Waals surface area contributed by atoms with E-state index < -0.39 is 0 Å². The summed E-state index contributed by atoms with van der Waals surface area (Å²) in [6.45, 7) is 1.97. The predicted molar refractivity (Wildman–Crippen MR) is 74.7 cm³/mol. The van der Waals surface area contributed by atoms with Crippen LogP contribution in [-0.4, -0.2) is 13.7 Å². The molecule has 0 bridgehead atoms. The molecule has 1 aromatic carbocycles. The second-order valence-corrected chi connectivity index (χ2v) is 4.75. The molecule has 0 fully saturated rings. The van der Waals surface area contributed by atoms with Crippen molar-refractivity contribution in [3.05, 3.63) is 41.2 Å². The standard InChI is InChI=1S/C12H9ClN4S/c1-7-5-6-8-3-2-4-9(10(8)14-7)15-12-11(13)16-18-17-12/h2-6H,1H3,(H,15,17). The van der Waals surface area contributed by atoms with Gasteiger partial charge in [-0.1, -0.05) is 29.8 Å². The zero-order valence-electron chi connectivity index (χ0n) is 9.51. The minimum atomic E-state index is 0.379. The number of fused-ring (bicyclic) bond motifs is 1. The summed E-state index contributed by atoms with van der Waals surface area (Å²) in [4.78, 5) is 4.54. The Kier molecular flexibility index (Phi) is 2.85. The van der Waals surface area contributed by atoms with Crippen LogP contribution in [0.1, 0.15) is 5.69 Å². The van der Waals surface area contributed by atoms with Crippen molar-refractivity contribution < 1.29 is 0 Å². The fraction of sp³-hybridized carbons (Fsp3) is 0.0833. The number of rotatable bonds is 2. The average molecular weight is 277 g/mol. The highest BCUT2D eigenvalue weighted by atomic mass is 35.5. The van der Waals surface area contributed by atoms with E-state index in [0.717, 1.165) is 34.0 Å². The first-order valence-corrected chi connectivity index (χ1v) is 6.46. The number of nitrogens with one attached hydrogen (secondary N) is 1. The molecular formula is C12H9ClN4S. The molecule has 1 N–H and O–H groups in total. The monoisotopic (exact) mass is 276 g/mol. The lowest BCUT2D eigenvalue weighted by Crippen LogP contribution is -1.94. The Morgan fingerprint density at radius 3 is 2.83 bits per heavy atom. The van der Waals surface area contributed by atoms with Crippen LogP contribution in [0.15, 0.2) is 30.3 Å². The summed E-state index contributed by atoms with van der Waals surface area (Å²) in [5.74, 6) is 0.567. The highest BCUT2D eigenvalue weighted by Crippen LogP contribution is 2.27. The molecule has 90 valence electrons. The summed E-state index contributed by atoms with van der Waals surface area (Å²) < 4.78 is 8.02. The molecule has 3 rings (SSSR count). The molecule has 2 aromatic heterocycles. The number of aromatic nitrogens is 3. The van der Waals surface area contributed by atoms with Crippen LogP contribution in [0.4, 0.5) is 11.5 Å². The number of benzene rings is 1. The Balaban J connectivity index is 2.11. The van der Waals surface area contributed by atoms with E-state index in [9.17, 15) is 0 Å². The lowest BCUT2D eigenvalue weighted by Gasteiger charge is -2.07. The van der Waals surface area contributed by atoms with Gasteiger partial charge < -0.3 is 5.32 Å². The van der Waals surface area contributed by atoms with E-state index in [1.807, 2.05) is 37.3 Å². The lowest BCUT2D eigenvalue weighted by molar-refractivity contribution is 1.25. The molecule has 0 atom stereocenters. The molecule has 0 spiro atoms. The van der Waals surface area contributed by atoms with Gasteiger partial charge in [-0.2, -0.15) is 8.75 Å². The molecule has 2 heterocycles. The van der Waals surface area contributed by atoms with Crippen molar-refractivity contribution in [2.24, 2.45) is 0 Å². The van der Waals surface area contributed by atoms with Crippen LogP contribution in [0.2, 0.25) is 5.15 Å². The number of hydrogen-bond donors (Lipinski definition) is 1. The molecule has 6 heteroatoms. The average Bonchev–Trinajstić information content (AvgIpc) is 2.76. The summed E-state index contributed by atoms with van der Waals surface area (Å²) in [7, 11) is 0. The highest BCUT2D eigenvalue weighted by molar-refractivity contribution is 6.99. The fourth-order valence-corrected chi connectivity index (χ4v) is 2.37. The molecule has 0 saturated carbocycles.